The van der Waals surface area contributed by atoms with Crippen molar-refractivity contribution >= 4 is 12.3 Å². The van der Waals surface area contributed by atoms with E-state index in [-0.39, 0.29) is 0 Å². The molecule has 0 aromatic heterocycles. The van der Waals surface area contributed by atoms with Gasteiger partial charge in [0.25, 0.3) is 0 Å². The van der Waals surface area contributed by atoms with E-state index in [1.54, 1.807) is 13.3 Å². The quantitative estimate of drug-likeness (QED) is 0.702. The van der Waals surface area contributed by atoms with Gasteiger partial charge in [0.15, 0.2) is 0 Å². The zero-order chi connectivity index (χ0) is 11.2. The maximum atomic E-state index is 11.1. The van der Waals surface area contributed by atoms with Gasteiger partial charge in [0.2, 0.25) is 0 Å². The van der Waals surface area contributed by atoms with E-state index in [0.717, 1.165) is 5.57 Å². The second kappa shape index (κ2) is 5.42. The molecule has 1 N–H and O–H groups in total. The fourth-order valence-corrected chi connectivity index (χ4v) is 0.728. The highest BCUT2D eigenvalue weighted by molar-refractivity contribution is 5.79. The molecular weight excluding hydrogens is 180 g/mol. The third-order valence-electron chi connectivity index (χ3n) is 1.17. The van der Waals surface area contributed by atoms with Crippen LogP contribution in [0.1, 0.15) is 20.8 Å². The molecule has 0 aliphatic heterocycles. The average molecular weight is 198 g/mol. The number of rotatable bonds is 3. The molecule has 0 radical (unpaired) electrons. The van der Waals surface area contributed by atoms with Gasteiger partial charge in [-0.05, 0) is 26.3 Å². The molecule has 0 fully saturated rings. The molecule has 0 aliphatic carbocycles. The molecule has 4 nitrogen and oxygen atoms in total. The minimum absolute atomic E-state index is 0.353. The number of nitrogens with one attached hydrogen (secondary N) is 1. The summed E-state index contributed by atoms with van der Waals surface area (Å²) in [7, 11) is 1.65. The lowest BCUT2D eigenvalue weighted by Crippen LogP contribution is -2.33. The zero-order valence-corrected chi connectivity index (χ0v) is 9.26. The lowest BCUT2D eigenvalue weighted by Gasteiger charge is -2.19. The minimum Gasteiger partial charge on any atom is -0.444 e. The summed E-state index contributed by atoms with van der Waals surface area (Å²) in [6.45, 7) is 9.49. The molecule has 0 rings (SSSR count). The Kier molecular flexibility index (Phi) is 4.91. The number of ether oxygens (including phenoxy) is 1. The first-order valence-electron chi connectivity index (χ1n) is 4.42. The average Bonchev–Trinajstić information content (AvgIpc) is 1.98. The number of alkyl carbamates (subject to hydrolysis) is 1. The number of nitrogens with zero attached hydrogens (tertiary/aromatic N) is 1. The van der Waals surface area contributed by atoms with E-state index < -0.39 is 11.7 Å². The van der Waals surface area contributed by atoms with Crippen molar-refractivity contribution in [2.24, 2.45) is 4.99 Å². The van der Waals surface area contributed by atoms with Crippen molar-refractivity contribution in [1.29, 1.82) is 0 Å². The smallest absolute Gasteiger partial charge is 0.407 e. The molecule has 0 saturated heterocycles. The number of aliphatic imine (C=N–C) groups is 1. The third kappa shape index (κ3) is 7.34. The van der Waals surface area contributed by atoms with E-state index in [0.29, 0.717) is 6.54 Å². The second-order valence-electron chi connectivity index (χ2n) is 3.90. The summed E-state index contributed by atoms with van der Waals surface area (Å²) < 4.78 is 5.03. The van der Waals surface area contributed by atoms with Gasteiger partial charge in [0.05, 0.1) is 0 Å². The number of carbonyl (C=O) groups excluding carboxylic acids is 1. The molecule has 0 saturated carbocycles. The summed E-state index contributed by atoms with van der Waals surface area (Å²) in [6.07, 6.45) is 1.15. The van der Waals surface area contributed by atoms with Crippen LogP contribution >= 0.6 is 0 Å². The fourth-order valence-electron chi connectivity index (χ4n) is 0.728. The molecule has 0 spiro atoms. The van der Waals surface area contributed by atoms with Crippen LogP contribution in [-0.4, -0.2) is 31.5 Å². The summed E-state index contributed by atoms with van der Waals surface area (Å²) in [6, 6.07) is 0. The Morgan fingerprint density at radius 2 is 2.14 bits per heavy atom. The summed E-state index contributed by atoms with van der Waals surface area (Å²) in [5.41, 5.74) is 0.267. The first-order valence-corrected chi connectivity index (χ1v) is 4.42. The maximum absolute atomic E-state index is 11.1. The van der Waals surface area contributed by atoms with Gasteiger partial charge in [-0.1, -0.05) is 6.58 Å². The highest BCUT2D eigenvalue weighted by Gasteiger charge is 2.15. The van der Waals surface area contributed by atoms with Gasteiger partial charge in [0.1, 0.15) is 5.60 Å². The van der Waals surface area contributed by atoms with Crippen LogP contribution in [-0.2, 0) is 4.74 Å². The molecule has 0 aromatic carbocycles. The summed E-state index contributed by atoms with van der Waals surface area (Å²) in [4.78, 5) is 14.9. The molecule has 0 heterocycles. The molecule has 0 aliphatic rings. The zero-order valence-electron chi connectivity index (χ0n) is 9.26. The van der Waals surface area contributed by atoms with Crippen LogP contribution in [0.4, 0.5) is 4.79 Å². The molecule has 4 heteroatoms. The van der Waals surface area contributed by atoms with Crippen LogP contribution in [0.15, 0.2) is 17.1 Å². The van der Waals surface area contributed by atoms with Crippen molar-refractivity contribution in [3.63, 3.8) is 0 Å². The van der Waals surface area contributed by atoms with Crippen molar-refractivity contribution in [3.05, 3.63) is 12.2 Å². The largest absolute Gasteiger partial charge is 0.444 e. The number of amides is 1. The van der Waals surface area contributed by atoms with Gasteiger partial charge in [-0.25, -0.2) is 4.79 Å². The SMILES string of the molecule is C=C(C=NC)CNC(=O)OC(C)(C)C. The summed E-state index contributed by atoms with van der Waals surface area (Å²) >= 11 is 0. The Morgan fingerprint density at radius 3 is 2.57 bits per heavy atom. The standard InChI is InChI=1S/C10H18N2O2/c1-8(6-11-5)7-12-9(13)14-10(2,3)4/h6H,1,7H2,2-5H3,(H,12,13). The topological polar surface area (TPSA) is 50.7 Å². The van der Waals surface area contributed by atoms with E-state index >= 15 is 0 Å². The predicted molar refractivity (Wildman–Crippen MR) is 57.8 cm³/mol. The van der Waals surface area contributed by atoms with Gasteiger partial charge in [-0.2, -0.15) is 0 Å². The lowest BCUT2D eigenvalue weighted by atomic mass is 10.2. The van der Waals surface area contributed by atoms with Crippen LogP contribution in [0.2, 0.25) is 0 Å². The fraction of sp³-hybridized carbons (Fsp3) is 0.600. The molecule has 1 amide bonds. The van der Waals surface area contributed by atoms with Crippen molar-refractivity contribution in [1.82, 2.24) is 5.32 Å². The van der Waals surface area contributed by atoms with Crippen LogP contribution in [0, 0.1) is 0 Å². The van der Waals surface area contributed by atoms with Gasteiger partial charge in [-0.3, -0.25) is 4.99 Å². The van der Waals surface area contributed by atoms with Crippen molar-refractivity contribution in [2.75, 3.05) is 13.6 Å². The molecule has 0 atom stereocenters. The van der Waals surface area contributed by atoms with Gasteiger partial charge in [-0.15, -0.1) is 0 Å². The predicted octanol–water partition coefficient (Wildman–Crippen LogP) is 1.77. The normalized spacial score (nSPS) is 11.4. The Balaban J connectivity index is 3.81. The van der Waals surface area contributed by atoms with E-state index in [4.69, 9.17) is 4.74 Å². The molecule has 0 bridgehead atoms. The maximum Gasteiger partial charge on any atom is 0.407 e. The van der Waals surface area contributed by atoms with E-state index in [9.17, 15) is 4.79 Å². The first kappa shape index (κ1) is 12.7. The number of hydrogen-bond acceptors (Lipinski definition) is 3. The van der Waals surface area contributed by atoms with Crippen molar-refractivity contribution in [3.8, 4) is 0 Å². The van der Waals surface area contributed by atoms with Crippen molar-refractivity contribution < 1.29 is 9.53 Å². The molecular formula is C10H18N2O2. The molecule has 80 valence electrons. The van der Waals surface area contributed by atoms with Gasteiger partial charge in [0, 0.05) is 19.8 Å². The second-order valence-corrected chi connectivity index (χ2v) is 3.90. The molecule has 14 heavy (non-hydrogen) atoms. The highest BCUT2D eigenvalue weighted by Crippen LogP contribution is 2.06. The Bertz CT molecular complexity index is 239. The van der Waals surface area contributed by atoms with E-state index in [1.165, 1.54) is 0 Å². The van der Waals surface area contributed by atoms with Gasteiger partial charge >= 0.3 is 6.09 Å². The Morgan fingerprint density at radius 1 is 1.57 bits per heavy atom. The highest BCUT2D eigenvalue weighted by atomic mass is 16.6. The van der Waals surface area contributed by atoms with Crippen LogP contribution in [0.3, 0.4) is 0 Å². The lowest BCUT2D eigenvalue weighted by molar-refractivity contribution is 0.0533. The van der Waals surface area contributed by atoms with E-state index in [1.807, 2.05) is 20.8 Å². The van der Waals surface area contributed by atoms with E-state index in [2.05, 4.69) is 16.9 Å². The summed E-state index contributed by atoms with van der Waals surface area (Å²) in [5, 5.41) is 2.57. The Labute approximate surface area is 85.1 Å². The third-order valence-corrected chi connectivity index (χ3v) is 1.17. The van der Waals surface area contributed by atoms with Crippen LogP contribution in [0.25, 0.3) is 0 Å². The molecule has 0 aromatic rings. The monoisotopic (exact) mass is 198 g/mol. The van der Waals surface area contributed by atoms with Crippen molar-refractivity contribution in [2.45, 2.75) is 26.4 Å². The summed E-state index contributed by atoms with van der Waals surface area (Å²) in [5.74, 6) is 0. The van der Waals surface area contributed by atoms with Crippen LogP contribution in [0.5, 0.6) is 0 Å². The van der Waals surface area contributed by atoms with Crippen LogP contribution < -0.4 is 5.32 Å². The number of carbonyl (C=O) groups is 1. The Hall–Kier alpha value is -1.32. The first-order chi connectivity index (χ1) is 6.35. The number of hydrogen-bond donors (Lipinski definition) is 1. The minimum atomic E-state index is -0.468. The molecule has 0 unspecified atom stereocenters. The van der Waals surface area contributed by atoms with Gasteiger partial charge < -0.3 is 10.1 Å².